The van der Waals surface area contributed by atoms with E-state index in [0.717, 1.165) is 36.3 Å². The Morgan fingerprint density at radius 3 is 2.69 bits per heavy atom. The van der Waals surface area contributed by atoms with Crippen molar-refractivity contribution in [3.05, 3.63) is 59.9 Å². The van der Waals surface area contributed by atoms with Gasteiger partial charge in [-0.05, 0) is 61.2 Å². The van der Waals surface area contributed by atoms with Crippen LogP contribution < -0.4 is 10.6 Å². The van der Waals surface area contributed by atoms with Crippen molar-refractivity contribution in [3.63, 3.8) is 0 Å². The molecule has 2 aromatic carbocycles. The van der Waals surface area contributed by atoms with Crippen molar-refractivity contribution in [2.45, 2.75) is 43.7 Å². The van der Waals surface area contributed by atoms with Crippen LogP contribution in [-0.4, -0.2) is 37.8 Å². The van der Waals surface area contributed by atoms with Gasteiger partial charge in [0.1, 0.15) is 11.9 Å². The number of rotatable bonds is 8. The average Bonchev–Trinajstić information content (AvgIpc) is 3.22. The first-order valence-electron chi connectivity index (χ1n) is 9.79. The SMILES string of the molecule is CCCNc1cccc(CNC(=O)C2CCCN2S(=O)(=O)c2ccc(F)cc2)c1. The van der Waals surface area contributed by atoms with Crippen LogP contribution in [0, 0.1) is 5.82 Å². The van der Waals surface area contributed by atoms with E-state index in [4.69, 9.17) is 0 Å². The highest BCUT2D eigenvalue weighted by Gasteiger charge is 2.39. The van der Waals surface area contributed by atoms with Gasteiger partial charge in [0.15, 0.2) is 0 Å². The lowest BCUT2D eigenvalue weighted by molar-refractivity contribution is -0.124. The summed E-state index contributed by atoms with van der Waals surface area (Å²) in [4.78, 5) is 12.7. The maximum Gasteiger partial charge on any atom is 0.243 e. The largest absolute Gasteiger partial charge is 0.385 e. The lowest BCUT2D eigenvalue weighted by atomic mass is 10.1. The van der Waals surface area contributed by atoms with Gasteiger partial charge in [-0.3, -0.25) is 4.79 Å². The summed E-state index contributed by atoms with van der Waals surface area (Å²) in [5.41, 5.74) is 1.92. The van der Waals surface area contributed by atoms with Crippen molar-refractivity contribution in [2.24, 2.45) is 0 Å². The van der Waals surface area contributed by atoms with Crippen molar-refractivity contribution in [2.75, 3.05) is 18.4 Å². The highest BCUT2D eigenvalue weighted by molar-refractivity contribution is 7.89. The fourth-order valence-corrected chi connectivity index (χ4v) is 5.06. The number of hydrogen-bond donors (Lipinski definition) is 2. The minimum atomic E-state index is -3.85. The number of anilines is 1. The molecule has 3 rings (SSSR count). The number of nitrogens with one attached hydrogen (secondary N) is 2. The highest BCUT2D eigenvalue weighted by atomic mass is 32.2. The van der Waals surface area contributed by atoms with Gasteiger partial charge in [0, 0.05) is 25.3 Å². The standard InChI is InChI=1S/C21H26FN3O3S/c1-2-12-23-18-6-3-5-16(14-18)15-24-21(26)20-7-4-13-25(20)29(27,28)19-10-8-17(22)9-11-19/h3,5-6,8-11,14,20,23H,2,4,7,12-13,15H2,1H3,(H,24,26). The molecule has 1 fully saturated rings. The van der Waals surface area contributed by atoms with Crippen LogP contribution in [0.2, 0.25) is 0 Å². The average molecular weight is 420 g/mol. The number of sulfonamides is 1. The maximum atomic E-state index is 13.1. The van der Waals surface area contributed by atoms with E-state index in [1.165, 1.54) is 16.4 Å². The van der Waals surface area contributed by atoms with E-state index in [1.807, 2.05) is 24.3 Å². The topological polar surface area (TPSA) is 78.5 Å². The molecule has 0 saturated carbocycles. The molecule has 0 aliphatic carbocycles. The zero-order valence-corrected chi connectivity index (χ0v) is 17.2. The van der Waals surface area contributed by atoms with Gasteiger partial charge in [0.05, 0.1) is 4.90 Å². The zero-order valence-electron chi connectivity index (χ0n) is 16.4. The Morgan fingerprint density at radius 2 is 1.97 bits per heavy atom. The van der Waals surface area contributed by atoms with Gasteiger partial charge in [-0.1, -0.05) is 19.1 Å². The summed E-state index contributed by atoms with van der Waals surface area (Å²) < 4.78 is 40.1. The molecule has 0 bridgehead atoms. The lowest BCUT2D eigenvalue weighted by Crippen LogP contribution is -2.45. The Hall–Kier alpha value is -2.45. The molecule has 8 heteroatoms. The van der Waals surface area contributed by atoms with Crippen LogP contribution >= 0.6 is 0 Å². The first kappa shape index (κ1) is 21.3. The Labute approximate surface area is 171 Å². The van der Waals surface area contributed by atoms with Crippen LogP contribution in [0.25, 0.3) is 0 Å². The van der Waals surface area contributed by atoms with E-state index in [0.29, 0.717) is 19.4 Å². The van der Waals surface area contributed by atoms with Crippen molar-refractivity contribution in [3.8, 4) is 0 Å². The summed E-state index contributed by atoms with van der Waals surface area (Å²) in [6.45, 7) is 3.55. The van der Waals surface area contributed by atoms with Crippen LogP contribution in [0.5, 0.6) is 0 Å². The Balaban J connectivity index is 1.66. The second kappa shape index (κ2) is 9.37. The van der Waals surface area contributed by atoms with Gasteiger partial charge in [0.25, 0.3) is 0 Å². The number of carbonyl (C=O) groups is 1. The number of halogens is 1. The summed E-state index contributed by atoms with van der Waals surface area (Å²) in [5, 5.41) is 6.15. The number of benzene rings is 2. The lowest BCUT2D eigenvalue weighted by Gasteiger charge is -2.23. The molecule has 2 N–H and O–H groups in total. The number of hydrogen-bond acceptors (Lipinski definition) is 4. The molecule has 1 saturated heterocycles. The fourth-order valence-electron chi connectivity index (χ4n) is 3.40. The van der Waals surface area contributed by atoms with Crippen molar-refractivity contribution >= 4 is 21.6 Å². The molecule has 0 spiro atoms. The Kier molecular flexibility index (Phi) is 6.87. The third-order valence-corrected chi connectivity index (χ3v) is 6.82. The fraction of sp³-hybridized carbons (Fsp3) is 0.381. The van der Waals surface area contributed by atoms with E-state index >= 15 is 0 Å². The van der Waals surface area contributed by atoms with Gasteiger partial charge in [0.2, 0.25) is 15.9 Å². The first-order chi connectivity index (χ1) is 13.9. The second-order valence-corrected chi connectivity index (χ2v) is 8.96. The van der Waals surface area contributed by atoms with Crippen LogP contribution in [0.4, 0.5) is 10.1 Å². The van der Waals surface area contributed by atoms with Crippen LogP contribution in [0.1, 0.15) is 31.7 Å². The van der Waals surface area contributed by atoms with Gasteiger partial charge >= 0.3 is 0 Å². The van der Waals surface area contributed by atoms with Crippen molar-refractivity contribution in [1.29, 1.82) is 0 Å². The van der Waals surface area contributed by atoms with Crippen LogP contribution in [0.3, 0.4) is 0 Å². The minimum absolute atomic E-state index is 0.00620. The molecule has 0 radical (unpaired) electrons. The first-order valence-corrected chi connectivity index (χ1v) is 11.2. The number of carbonyl (C=O) groups excluding carboxylic acids is 1. The quantitative estimate of drug-likeness (QED) is 0.689. The van der Waals surface area contributed by atoms with Gasteiger partial charge in [-0.15, -0.1) is 0 Å². The molecule has 1 amide bonds. The molecule has 29 heavy (non-hydrogen) atoms. The van der Waals surface area contributed by atoms with Gasteiger partial charge < -0.3 is 10.6 Å². The zero-order chi connectivity index (χ0) is 20.9. The minimum Gasteiger partial charge on any atom is -0.385 e. The molecule has 2 aromatic rings. The second-order valence-electron chi connectivity index (χ2n) is 7.07. The summed E-state index contributed by atoms with van der Waals surface area (Å²) in [5.74, 6) is -0.824. The van der Waals surface area contributed by atoms with E-state index in [1.54, 1.807) is 0 Å². The van der Waals surface area contributed by atoms with Gasteiger partial charge in [-0.25, -0.2) is 12.8 Å². The molecule has 1 aliphatic rings. The van der Waals surface area contributed by atoms with E-state index in [2.05, 4.69) is 17.6 Å². The third-order valence-electron chi connectivity index (χ3n) is 4.90. The molecule has 0 aromatic heterocycles. The molecule has 1 atom stereocenters. The Bertz CT molecular complexity index is 948. The Morgan fingerprint density at radius 1 is 1.21 bits per heavy atom. The monoisotopic (exact) mass is 419 g/mol. The van der Waals surface area contributed by atoms with E-state index < -0.39 is 21.9 Å². The molecule has 1 heterocycles. The summed E-state index contributed by atoms with van der Waals surface area (Å²) in [6, 6.07) is 11.7. The van der Waals surface area contributed by atoms with Crippen molar-refractivity contribution < 1.29 is 17.6 Å². The summed E-state index contributed by atoms with van der Waals surface area (Å²) in [7, 11) is -3.85. The molecule has 6 nitrogen and oxygen atoms in total. The van der Waals surface area contributed by atoms with Crippen LogP contribution in [0.15, 0.2) is 53.4 Å². The molecule has 1 aliphatic heterocycles. The molecular weight excluding hydrogens is 393 g/mol. The van der Waals surface area contributed by atoms with Gasteiger partial charge in [-0.2, -0.15) is 4.31 Å². The highest BCUT2D eigenvalue weighted by Crippen LogP contribution is 2.26. The molecule has 1 unspecified atom stereocenters. The number of amides is 1. The van der Waals surface area contributed by atoms with Crippen molar-refractivity contribution in [1.82, 2.24) is 9.62 Å². The normalized spacial score (nSPS) is 17.2. The van der Waals surface area contributed by atoms with E-state index in [-0.39, 0.29) is 17.3 Å². The third kappa shape index (κ3) is 5.13. The van der Waals surface area contributed by atoms with Crippen LogP contribution in [-0.2, 0) is 21.4 Å². The molecular formula is C21H26FN3O3S. The molecule has 156 valence electrons. The van der Waals surface area contributed by atoms with E-state index in [9.17, 15) is 17.6 Å². The number of nitrogens with zero attached hydrogens (tertiary/aromatic N) is 1. The maximum absolute atomic E-state index is 13.1. The summed E-state index contributed by atoms with van der Waals surface area (Å²) in [6.07, 6.45) is 2.08. The predicted octanol–water partition coefficient (Wildman–Crippen LogP) is 3.12. The summed E-state index contributed by atoms with van der Waals surface area (Å²) >= 11 is 0. The predicted molar refractivity (Wildman–Crippen MR) is 110 cm³/mol. The smallest absolute Gasteiger partial charge is 0.243 e.